The van der Waals surface area contributed by atoms with Gasteiger partial charge in [-0.2, -0.15) is 0 Å². The Bertz CT molecular complexity index is 540. The van der Waals surface area contributed by atoms with Crippen LogP contribution in [0.5, 0.6) is 0 Å². The van der Waals surface area contributed by atoms with Crippen molar-refractivity contribution in [2.45, 2.75) is 32.2 Å². The van der Waals surface area contributed by atoms with Gasteiger partial charge in [0.15, 0.2) is 5.84 Å². The highest BCUT2D eigenvalue weighted by Crippen LogP contribution is 2.23. The van der Waals surface area contributed by atoms with Crippen molar-refractivity contribution >= 4 is 11.8 Å². The first-order valence-electron chi connectivity index (χ1n) is 7.50. The van der Waals surface area contributed by atoms with Crippen molar-refractivity contribution in [3.8, 4) is 0 Å². The SMILES string of the molecule is Cc1cc(/C(N)=N/O)nc(N2CCC(N3CCCC3)C2)n1. The zero-order valence-corrected chi connectivity index (χ0v) is 12.4. The number of anilines is 1. The minimum absolute atomic E-state index is 0.0250. The highest BCUT2D eigenvalue weighted by molar-refractivity contribution is 5.95. The molecule has 0 spiro atoms. The van der Waals surface area contributed by atoms with Gasteiger partial charge < -0.3 is 15.8 Å². The predicted molar refractivity (Wildman–Crippen MR) is 80.7 cm³/mol. The van der Waals surface area contributed by atoms with Crippen LogP contribution >= 0.6 is 0 Å². The number of aromatic nitrogens is 2. The Balaban J connectivity index is 1.76. The normalized spacial score (nSPS) is 24.0. The lowest BCUT2D eigenvalue weighted by molar-refractivity contribution is 0.260. The Hall–Kier alpha value is -1.89. The molecule has 21 heavy (non-hydrogen) atoms. The molecule has 0 radical (unpaired) electrons. The number of likely N-dealkylation sites (tertiary alicyclic amines) is 1. The fourth-order valence-electron chi connectivity index (χ4n) is 3.21. The molecule has 7 nitrogen and oxygen atoms in total. The van der Waals surface area contributed by atoms with E-state index in [1.807, 2.05) is 6.92 Å². The average Bonchev–Trinajstić information content (AvgIpc) is 3.16. The molecule has 1 atom stereocenters. The summed E-state index contributed by atoms with van der Waals surface area (Å²) < 4.78 is 0. The Morgan fingerprint density at radius 2 is 2.10 bits per heavy atom. The summed E-state index contributed by atoms with van der Waals surface area (Å²) in [6.45, 7) is 6.23. The summed E-state index contributed by atoms with van der Waals surface area (Å²) in [6.07, 6.45) is 3.77. The second-order valence-electron chi connectivity index (χ2n) is 5.81. The number of nitrogens with zero attached hydrogens (tertiary/aromatic N) is 5. The molecule has 0 aromatic carbocycles. The van der Waals surface area contributed by atoms with Crippen molar-refractivity contribution in [1.29, 1.82) is 0 Å². The van der Waals surface area contributed by atoms with Crippen LogP contribution in [0.4, 0.5) is 5.95 Å². The van der Waals surface area contributed by atoms with Gasteiger partial charge in [0.25, 0.3) is 0 Å². The Morgan fingerprint density at radius 1 is 1.33 bits per heavy atom. The molecule has 0 aliphatic carbocycles. The van der Waals surface area contributed by atoms with E-state index < -0.39 is 0 Å². The summed E-state index contributed by atoms with van der Waals surface area (Å²) in [4.78, 5) is 13.7. The first-order valence-corrected chi connectivity index (χ1v) is 7.50. The topological polar surface area (TPSA) is 90.9 Å². The summed E-state index contributed by atoms with van der Waals surface area (Å²) in [7, 11) is 0. The van der Waals surface area contributed by atoms with Gasteiger partial charge in [-0.3, -0.25) is 4.90 Å². The average molecular weight is 290 g/mol. The van der Waals surface area contributed by atoms with Gasteiger partial charge in [-0.15, -0.1) is 0 Å². The third kappa shape index (κ3) is 2.92. The molecule has 3 heterocycles. The van der Waals surface area contributed by atoms with Crippen molar-refractivity contribution in [2.75, 3.05) is 31.1 Å². The molecule has 114 valence electrons. The second-order valence-corrected chi connectivity index (χ2v) is 5.81. The van der Waals surface area contributed by atoms with Crippen LogP contribution in [0.1, 0.15) is 30.7 Å². The molecule has 2 aliphatic rings. The lowest BCUT2D eigenvalue weighted by Gasteiger charge is -2.23. The first kappa shape index (κ1) is 14.1. The lowest BCUT2D eigenvalue weighted by atomic mass is 10.2. The van der Waals surface area contributed by atoms with Crippen LogP contribution in [0.3, 0.4) is 0 Å². The van der Waals surface area contributed by atoms with Crippen molar-refractivity contribution in [3.05, 3.63) is 17.5 Å². The van der Waals surface area contributed by atoms with E-state index >= 15 is 0 Å². The number of hydrogen-bond acceptors (Lipinski definition) is 6. The first-order chi connectivity index (χ1) is 10.2. The molecule has 3 rings (SSSR count). The molecule has 2 fully saturated rings. The summed E-state index contributed by atoms with van der Waals surface area (Å²) >= 11 is 0. The number of oxime groups is 1. The zero-order valence-electron chi connectivity index (χ0n) is 12.4. The highest BCUT2D eigenvalue weighted by atomic mass is 16.4. The van der Waals surface area contributed by atoms with E-state index in [1.165, 1.54) is 25.9 Å². The van der Waals surface area contributed by atoms with Gasteiger partial charge in [0.05, 0.1) is 0 Å². The van der Waals surface area contributed by atoms with Crippen LogP contribution in [0.2, 0.25) is 0 Å². The summed E-state index contributed by atoms with van der Waals surface area (Å²) in [5.74, 6) is 0.704. The standard InChI is InChI=1S/C14H22N6O/c1-10-8-12(13(15)18-21)17-14(16-10)20-7-4-11(9-20)19-5-2-3-6-19/h8,11,21H,2-7,9H2,1H3,(H2,15,18). The van der Waals surface area contributed by atoms with E-state index in [0.29, 0.717) is 17.7 Å². The van der Waals surface area contributed by atoms with Crippen molar-refractivity contribution in [1.82, 2.24) is 14.9 Å². The van der Waals surface area contributed by atoms with E-state index in [4.69, 9.17) is 10.9 Å². The van der Waals surface area contributed by atoms with E-state index in [1.54, 1.807) is 6.07 Å². The van der Waals surface area contributed by atoms with Crippen LogP contribution in [0.15, 0.2) is 11.2 Å². The van der Waals surface area contributed by atoms with Gasteiger partial charge in [-0.25, -0.2) is 9.97 Å². The van der Waals surface area contributed by atoms with Gasteiger partial charge in [-0.1, -0.05) is 5.16 Å². The molecule has 7 heteroatoms. The van der Waals surface area contributed by atoms with Crippen LogP contribution in [0, 0.1) is 6.92 Å². The maximum absolute atomic E-state index is 8.80. The van der Waals surface area contributed by atoms with Gasteiger partial charge >= 0.3 is 0 Å². The quantitative estimate of drug-likeness (QED) is 0.366. The van der Waals surface area contributed by atoms with Gasteiger partial charge in [-0.05, 0) is 45.3 Å². The van der Waals surface area contributed by atoms with Crippen LogP contribution < -0.4 is 10.6 Å². The fourth-order valence-corrected chi connectivity index (χ4v) is 3.21. The molecule has 3 N–H and O–H groups in total. The predicted octanol–water partition coefficient (Wildman–Crippen LogP) is 0.554. The second kappa shape index (κ2) is 5.85. The Labute approximate surface area is 124 Å². The zero-order chi connectivity index (χ0) is 14.8. The van der Waals surface area contributed by atoms with Crippen LogP contribution in [-0.2, 0) is 0 Å². The largest absolute Gasteiger partial charge is 0.409 e. The van der Waals surface area contributed by atoms with Crippen LogP contribution in [0.25, 0.3) is 0 Å². The third-order valence-electron chi connectivity index (χ3n) is 4.32. The maximum Gasteiger partial charge on any atom is 0.226 e. The Morgan fingerprint density at radius 3 is 2.81 bits per heavy atom. The van der Waals surface area contributed by atoms with Crippen molar-refractivity contribution in [3.63, 3.8) is 0 Å². The maximum atomic E-state index is 8.80. The fraction of sp³-hybridized carbons (Fsp3) is 0.643. The minimum Gasteiger partial charge on any atom is -0.409 e. The van der Waals surface area contributed by atoms with Gasteiger partial charge in [0, 0.05) is 24.8 Å². The molecule has 0 amide bonds. The van der Waals surface area contributed by atoms with Crippen molar-refractivity contribution < 1.29 is 5.21 Å². The van der Waals surface area contributed by atoms with Crippen molar-refractivity contribution in [2.24, 2.45) is 10.9 Å². The van der Waals surface area contributed by atoms with E-state index in [-0.39, 0.29) is 5.84 Å². The lowest BCUT2D eigenvalue weighted by Crippen LogP contribution is -2.35. The number of aryl methyl sites for hydroxylation is 1. The van der Waals surface area contributed by atoms with E-state index in [0.717, 1.165) is 25.2 Å². The van der Waals surface area contributed by atoms with Crippen LogP contribution in [-0.4, -0.2) is 58.1 Å². The number of amidine groups is 1. The molecule has 0 bridgehead atoms. The molecule has 2 saturated heterocycles. The van der Waals surface area contributed by atoms with E-state index in [9.17, 15) is 0 Å². The summed E-state index contributed by atoms with van der Waals surface area (Å²) in [6, 6.07) is 2.33. The molecule has 0 saturated carbocycles. The smallest absolute Gasteiger partial charge is 0.226 e. The molecule has 1 aromatic rings. The number of hydrogen-bond donors (Lipinski definition) is 2. The molecule has 2 aliphatic heterocycles. The molecular formula is C14H22N6O. The molecule has 1 aromatic heterocycles. The number of nitrogens with two attached hydrogens (primary N) is 1. The number of rotatable bonds is 3. The molecule has 1 unspecified atom stereocenters. The highest BCUT2D eigenvalue weighted by Gasteiger charge is 2.30. The molecular weight excluding hydrogens is 268 g/mol. The summed E-state index contributed by atoms with van der Waals surface area (Å²) in [5.41, 5.74) is 6.94. The Kier molecular flexibility index (Phi) is 3.92. The summed E-state index contributed by atoms with van der Waals surface area (Å²) in [5, 5.41) is 11.8. The third-order valence-corrected chi connectivity index (χ3v) is 4.32. The van der Waals surface area contributed by atoms with Gasteiger partial charge in [0.1, 0.15) is 5.69 Å². The van der Waals surface area contributed by atoms with E-state index in [2.05, 4.69) is 24.9 Å². The van der Waals surface area contributed by atoms with Gasteiger partial charge in [0.2, 0.25) is 5.95 Å². The monoisotopic (exact) mass is 290 g/mol. The minimum atomic E-state index is 0.0250.